The van der Waals surface area contributed by atoms with Crippen molar-refractivity contribution in [3.05, 3.63) is 62.7 Å². The van der Waals surface area contributed by atoms with E-state index in [2.05, 4.69) is 27.9 Å². The quantitative estimate of drug-likeness (QED) is 0.789. The van der Waals surface area contributed by atoms with Crippen molar-refractivity contribution >= 4 is 34.2 Å². The van der Waals surface area contributed by atoms with Gasteiger partial charge in [-0.05, 0) is 65.4 Å². The van der Waals surface area contributed by atoms with Crippen molar-refractivity contribution in [1.29, 1.82) is 0 Å². The molecular weight excluding hydrogens is 363 g/mol. The summed E-state index contributed by atoms with van der Waals surface area (Å²) in [5.41, 5.74) is 0.212. The third kappa shape index (κ3) is 3.09. The predicted octanol–water partition coefficient (Wildman–Crippen LogP) is 4.13. The molecule has 0 aromatic heterocycles. The van der Waals surface area contributed by atoms with Gasteiger partial charge < -0.3 is 5.32 Å². The minimum absolute atomic E-state index is 0.277. The molecule has 19 heavy (non-hydrogen) atoms. The van der Waals surface area contributed by atoms with Crippen molar-refractivity contribution in [3.63, 3.8) is 0 Å². The lowest BCUT2D eigenvalue weighted by atomic mass is 10.1. The third-order valence-corrected chi connectivity index (χ3v) is 3.35. The molecule has 0 aliphatic rings. The van der Waals surface area contributed by atoms with Crippen LogP contribution in [0.25, 0.3) is 0 Å². The second-order valence-electron chi connectivity index (χ2n) is 4.01. The van der Waals surface area contributed by atoms with Gasteiger partial charge in [-0.3, -0.25) is 4.79 Å². The molecule has 2 aromatic carbocycles. The fourth-order valence-electron chi connectivity index (χ4n) is 1.56. The van der Waals surface area contributed by atoms with Crippen molar-refractivity contribution in [2.45, 2.75) is 6.92 Å². The Morgan fingerprint density at radius 3 is 2.37 bits per heavy atom. The molecule has 98 valence electrons. The summed E-state index contributed by atoms with van der Waals surface area (Å²) < 4.78 is 28.2. The molecule has 1 N–H and O–H groups in total. The highest BCUT2D eigenvalue weighted by atomic mass is 127. The van der Waals surface area contributed by atoms with E-state index in [9.17, 15) is 13.6 Å². The summed E-state index contributed by atoms with van der Waals surface area (Å²) >= 11 is 2.11. The maximum atomic E-state index is 13.7. The van der Waals surface area contributed by atoms with Gasteiger partial charge in [-0.2, -0.15) is 0 Å². The maximum Gasteiger partial charge on any atom is 0.255 e. The highest BCUT2D eigenvalue weighted by molar-refractivity contribution is 14.1. The molecule has 0 bridgehead atoms. The van der Waals surface area contributed by atoms with Crippen molar-refractivity contribution in [2.75, 3.05) is 5.32 Å². The number of carbonyl (C=O) groups is 1. The molecule has 0 atom stereocenters. The van der Waals surface area contributed by atoms with Crippen LogP contribution >= 0.6 is 22.6 Å². The molecule has 1 amide bonds. The van der Waals surface area contributed by atoms with E-state index in [4.69, 9.17) is 0 Å². The molecule has 5 heteroatoms. The first-order valence-electron chi connectivity index (χ1n) is 5.50. The van der Waals surface area contributed by atoms with Crippen LogP contribution in [0.15, 0.2) is 36.4 Å². The van der Waals surface area contributed by atoms with Gasteiger partial charge in [-0.1, -0.05) is 6.07 Å². The zero-order valence-corrected chi connectivity index (χ0v) is 12.2. The Hall–Kier alpha value is -1.50. The summed E-state index contributed by atoms with van der Waals surface area (Å²) in [5.74, 6) is -2.08. The molecule has 0 fully saturated rings. The van der Waals surface area contributed by atoms with Gasteiger partial charge in [0.05, 0.1) is 0 Å². The standard InChI is InChI=1S/C14H10F2INO/c1-8-2-7-11(15)13(12(8)16)18-14(19)9-3-5-10(17)6-4-9/h2-7H,1H3,(H,18,19). The van der Waals surface area contributed by atoms with Gasteiger partial charge in [0, 0.05) is 9.13 Å². The number of amides is 1. The Bertz CT molecular complexity index is 626. The summed E-state index contributed by atoms with van der Waals surface area (Å²) in [6, 6.07) is 9.15. The first-order valence-corrected chi connectivity index (χ1v) is 6.58. The van der Waals surface area contributed by atoms with Gasteiger partial charge in [-0.25, -0.2) is 8.78 Å². The van der Waals surface area contributed by atoms with Gasteiger partial charge in [0.1, 0.15) is 11.5 Å². The van der Waals surface area contributed by atoms with Crippen LogP contribution in [0.5, 0.6) is 0 Å². The average molecular weight is 373 g/mol. The van der Waals surface area contributed by atoms with Gasteiger partial charge in [0.25, 0.3) is 5.91 Å². The summed E-state index contributed by atoms with van der Waals surface area (Å²) in [7, 11) is 0. The van der Waals surface area contributed by atoms with Crippen molar-refractivity contribution in [2.24, 2.45) is 0 Å². The zero-order chi connectivity index (χ0) is 14.0. The lowest BCUT2D eigenvalue weighted by molar-refractivity contribution is 0.102. The Labute approximate surface area is 123 Å². The Morgan fingerprint density at radius 1 is 1.11 bits per heavy atom. The number of hydrogen-bond acceptors (Lipinski definition) is 1. The van der Waals surface area contributed by atoms with Crippen LogP contribution in [0, 0.1) is 22.1 Å². The minimum atomic E-state index is -0.790. The molecule has 0 spiro atoms. The summed E-state index contributed by atoms with van der Waals surface area (Å²) in [4.78, 5) is 11.9. The highest BCUT2D eigenvalue weighted by Crippen LogP contribution is 2.22. The van der Waals surface area contributed by atoms with Gasteiger partial charge >= 0.3 is 0 Å². The lowest BCUT2D eigenvalue weighted by Crippen LogP contribution is -2.14. The van der Waals surface area contributed by atoms with E-state index in [1.807, 2.05) is 0 Å². The lowest BCUT2D eigenvalue weighted by Gasteiger charge is -2.09. The van der Waals surface area contributed by atoms with Gasteiger partial charge in [0.15, 0.2) is 5.82 Å². The van der Waals surface area contributed by atoms with Crippen LogP contribution in [0.4, 0.5) is 14.5 Å². The maximum absolute atomic E-state index is 13.7. The van der Waals surface area contributed by atoms with Gasteiger partial charge in [-0.15, -0.1) is 0 Å². The smallest absolute Gasteiger partial charge is 0.255 e. The first kappa shape index (κ1) is 13.9. The number of nitrogens with one attached hydrogen (secondary N) is 1. The molecule has 2 aromatic rings. The van der Waals surface area contributed by atoms with E-state index in [-0.39, 0.29) is 5.56 Å². The van der Waals surface area contributed by atoms with E-state index in [1.165, 1.54) is 13.0 Å². The second-order valence-corrected chi connectivity index (χ2v) is 5.26. The van der Waals surface area contributed by atoms with Crippen LogP contribution < -0.4 is 5.32 Å². The average Bonchev–Trinajstić information content (AvgIpc) is 2.40. The van der Waals surface area contributed by atoms with E-state index in [1.54, 1.807) is 24.3 Å². The van der Waals surface area contributed by atoms with Crippen LogP contribution in [0.1, 0.15) is 15.9 Å². The van der Waals surface area contributed by atoms with Crippen LogP contribution in [-0.2, 0) is 0 Å². The van der Waals surface area contributed by atoms with E-state index >= 15 is 0 Å². The van der Waals surface area contributed by atoms with Crippen LogP contribution in [-0.4, -0.2) is 5.91 Å². The zero-order valence-electron chi connectivity index (χ0n) is 10.0. The van der Waals surface area contributed by atoms with E-state index in [0.717, 1.165) is 9.64 Å². The summed E-state index contributed by atoms with van der Waals surface area (Å²) in [6.07, 6.45) is 0. The number of hydrogen-bond donors (Lipinski definition) is 1. The van der Waals surface area contributed by atoms with Gasteiger partial charge in [0.2, 0.25) is 0 Å². The largest absolute Gasteiger partial charge is 0.317 e. The fraction of sp³-hybridized carbons (Fsp3) is 0.0714. The molecular formula is C14H10F2INO. The molecule has 0 saturated heterocycles. The molecule has 0 heterocycles. The molecule has 0 saturated carbocycles. The Kier molecular flexibility index (Phi) is 4.14. The van der Waals surface area contributed by atoms with Crippen molar-refractivity contribution in [1.82, 2.24) is 0 Å². The molecule has 0 unspecified atom stereocenters. The van der Waals surface area contributed by atoms with Crippen LogP contribution in [0.2, 0.25) is 0 Å². The monoisotopic (exact) mass is 373 g/mol. The summed E-state index contributed by atoms with van der Waals surface area (Å²) in [5, 5.41) is 2.26. The number of rotatable bonds is 2. The van der Waals surface area contributed by atoms with Crippen LogP contribution in [0.3, 0.4) is 0 Å². The van der Waals surface area contributed by atoms with Crippen molar-refractivity contribution in [3.8, 4) is 0 Å². The number of halogens is 3. The SMILES string of the molecule is Cc1ccc(F)c(NC(=O)c2ccc(I)cc2)c1F. The normalized spacial score (nSPS) is 10.3. The first-order chi connectivity index (χ1) is 8.99. The van der Waals surface area contributed by atoms with E-state index < -0.39 is 23.2 Å². The van der Waals surface area contributed by atoms with Crippen molar-refractivity contribution < 1.29 is 13.6 Å². The Morgan fingerprint density at radius 2 is 1.74 bits per heavy atom. The molecule has 0 radical (unpaired) electrons. The van der Waals surface area contributed by atoms with E-state index in [0.29, 0.717) is 5.56 Å². The second kappa shape index (κ2) is 5.64. The highest BCUT2D eigenvalue weighted by Gasteiger charge is 2.15. The third-order valence-electron chi connectivity index (χ3n) is 2.63. The molecule has 0 aliphatic heterocycles. The summed E-state index contributed by atoms with van der Waals surface area (Å²) in [6.45, 7) is 1.51. The molecule has 2 rings (SSSR count). The Balaban J connectivity index is 2.29. The fourth-order valence-corrected chi connectivity index (χ4v) is 1.92. The number of carbonyl (C=O) groups excluding carboxylic acids is 1. The minimum Gasteiger partial charge on any atom is -0.317 e. The topological polar surface area (TPSA) is 29.1 Å². The number of benzene rings is 2. The number of anilines is 1. The molecule has 2 nitrogen and oxygen atoms in total. The predicted molar refractivity (Wildman–Crippen MR) is 78.2 cm³/mol. The molecule has 0 aliphatic carbocycles. The number of aryl methyl sites for hydroxylation is 1.